The summed E-state index contributed by atoms with van der Waals surface area (Å²) < 4.78 is 12.9. The van der Waals surface area contributed by atoms with Gasteiger partial charge in [-0.1, -0.05) is 11.6 Å². The molecule has 0 bridgehead atoms. The lowest BCUT2D eigenvalue weighted by Gasteiger charge is -2.31. The monoisotopic (exact) mass is 351 g/mol. The number of hydrogen-bond acceptors (Lipinski definition) is 4. The number of carbonyl (C=O) groups is 1. The third kappa shape index (κ3) is 4.18. The highest BCUT2D eigenvalue weighted by molar-refractivity contribution is 6.30. The van der Waals surface area contributed by atoms with E-state index in [9.17, 15) is 4.79 Å². The quantitative estimate of drug-likeness (QED) is 0.864. The van der Waals surface area contributed by atoms with Gasteiger partial charge < -0.3 is 19.9 Å². The fraction of sp³-hybridized carbons (Fsp3) is 0.375. The maximum absolute atomic E-state index is 10.9. The molecule has 1 aromatic carbocycles. The van der Waals surface area contributed by atoms with Crippen molar-refractivity contribution in [2.45, 2.75) is 12.5 Å². The third-order valence-electron chi connectivity index (χ3n) is 3.90. The Hall–Kier alpha value is -2.25. The molecule has 0 aliphatic carbocycles. The maximum Gasteiger partial charge on any atom is 0.404 e. The predicted octanol–water partition coefficient (Wildman–Crippen LogP) is 2.58. The number of benzene rings is 1. The van der Waals surface area contributed by atoms with Crippen LogP contribution in [0, 0.1) is 5.92 Å². The number of halogens is 1. The van der Waals surface area contributed by atoms with Gasteiger partial charge in [-0.2, -0.15) is 5.10 Å². The lowest BCUT2D eigenvalue weighted by Crippen LogP contribution is -2.47. The highest BCUT2D eigenvalue weighted by atomic mass is 35.5. The molecule has 0 saturated carbocycles. The first-order valence-electron chi connectivity index (χ1n) is 7.62. The highest BCUT2D eigenvalue weighted by Gasteiger charge is 2.27. The van der Waals surface area contributed by atoms with Crippen LogP contribution in [-0.2, 0) is 4.74 Å². The molecule has 7 nitrogen and oxygen atoms in total. The zero-order valence-electron chi connectivity index (χ0n) is 12.9. The molecule has 1 amide bonds. The Morgan fingerprint density at radius 2 is 2.25 bits per heavy atom. The molecule has 24 heavy (non-hydrogen) atoms. The molecule has 1 saturated heterocycles. The van der Waals surface area contributed by atoms with Crippen molar-refractivity contribution in [2.75, 3.05) is 19.8 Å². The zero-order valence-corrected chi connectivity index (χ0v) is 13.6. The van der Waals surface area contributed by atoms with Crippen molar-refractivity contribution >= 4 is 17.7 Å². The van der Waals surface area contributed by atoms with Gasteiger partial charge >= 0.3 is 6.09 Å². The summed E-state index contributed by atoms with van der Waals surface area (Å²) >= 11 is 5.86. The lowest BCUT2D eigenvalue weighted by molar-refractivity contribution is 0.0140. The van der Waals surface area contributed by atoms with Crippen LogP contribution >= 0.6 is 11.6 Å². The summed E-state index contributed by atoms with van der Waals surface area (Å²) in [6.45, 7) is 1.43. The average Bonchev–Trinajstić information content (AvgIpc) is 3.00. The van der Waals surface area contributed by atoms with Crippen molar-refractivity contribution in [1.29, 1.82) is 0 Å². The molecular weight excluding hydrogens is 334 g/mol. The Morgan fingerprint density at radius 3 is 2.92 bits per heavy atom. The Morgan fingerprint density at radius 1 is 1.46 bits per heavy atom. The summed E-state index contributed by atoms with van der Waals surface area (Å²) in [5.41, 5.74) is 0.876. The first-order chi connectivity index (χ1) is 11.6. The smallest absolute Gasteiger partial charge is 0.404 e. The number of amides is 1. The number of nitrogens with zero attached hydrogens (tertiary/aromatic N) is 2. The standard InChI is InChI=1S/C16H18ClN3O4/c17-12-7-18-20(8-12)13-1-3-14(4-2-13)24-10-11-9-23-6-5-15(11)19-16(21)22/h1-4,7-8,11,15,19H,5-6,9-10H2,(H,21,22)/t11-,15-/m1/s1. The van der Waals surface area contributed by atoms with Gasteiger partial charge in [-0.3, -0.25) is 0 Å². The van der Waals surface area contributed by atoms with E-state index in [1.807, 2.05) is 24.3 Å². The lowest BCUT2D eigenvalue weighted by atomic mass is 9.97. The van der Waals surface area contributed by atoms with Crippen molar-refractivity contribution in [1.82, 2.24) is 15.1 Å². The van der Waals surface area contributed by atoms with Gasteiger partial charge in [0.25, 0.3) is 0 Å². The SMILES string of the molecule is O=C(O)N[C@@H]1CCOC[C@@H]1COc1ccc(-n2cc(Cl)cn2)cc1. The van der Waals surface area contributed by atoms with E-state index in [1.165, 1.54) is 0 Å². The van der Waals surface area contributed by atoms with Gasteiger partial charge in [0.2, 0.25) is 0 Å². The largest absolute Gasteiger partial charge is 0.493 e. The van der Waals surface area contributed by atoms with Crippen LogP contribution in [0.3, 0.4) is 0 Å². The zero-order chi connectivity index (χ0) is 16.9. The molecule has 2 aromatic rings. The van der Waals surface area contributed by atoms with Crippen LogP contribution in [-0.4, -0.2) is 46.8 Å². The minimum absolute atomic E-state index is 0.0144. The van der Waals surface area contributed by atoms with Gasteiger partial charge in [-0.15, -0.1) is 0 Å². The molecule has 1 aliphatic rings. The van der Waals surface area contributed by atoms with Crippen molar-refractivity contribution in [3.8, 4) is 11.4 Å². The Bertz CT molecular complexity index is 689. The molecule has 1 aromatic heterocycles. The van der Waals surface area contributed by atoms with Crippen LogP contribution in [0.5, 0.6) is 5.75 Å². The summed E-state index contributed by atoms with van der Waals surface area (Å²) in [4.78, 5) is 10.9. The van der Waals surface area contributed by atoms with Gasteiger partial charge in [0.15, 0.2) is 0 Å². The van der Waals surface area contributed by atoms with Crippen molar-refractivity contribution in [2.24, 2.45) is 5.92 Å². The molecule has 1 aliphatic heterocycles. The molecule has 0 unspecified atom stereocenters. The maximum atomic E-state index is 10.9. The van der Waals surface area contributed by atoms with Crippen molar-refractivity contribution in [3.63, 3.8) is 0 Å². The molecule has 1 fully saturated rings. The summed E-state index contributed by atoms with van der Waals surface area (Å²) in [6.07, 6.45) is 2.93. The minimum Gasteiger partial charge on any atom is -0.493 e. The number of ether oxygens (including phenoxy) is 2. The molecular formula is C16H18ClN3O4. The number of nitrogens with one attached hydrogen (secondary N) is 1. The van der Waals surface area contributed by atoms with Crippen LogP contribution in [0.1, 0.15) is 6.42 Å². The number of hydrogen-bond donors (Lipinski definition) is 2. The molecule has 2 heterocycles. The number of carboxylic acid groups (broad SMARTS) is 1. The summed E-state index contributed by atoms with van der Waals surface area (Å²) in [7, 11) is 0. The van der Waals surface area contributed by atoms with E-state index in [0.29, 0.717) is 37.0 Å². The molecule has 0 spiro atoms. The predicted molar refractivity (Wildman–Crippen MR) is 87.9 cm³/mol. The molecule has 8 heteroatoms. The summed E-state index contributed by atoms with van der Waals surface area (Å²) in [5, 5.41) is 16.1. The Kier molecular flexibility index (Phi) is 5.22. The topological polar surface area (TPSA) is 85.6 Å². The van der Waals surface area contributed by atoms with E-state index >= 15 is 0 Å². The highest BCUT2D eigenvalue weighted by Crippen LogP contribution is 2.20. The normalized spacial score (nSPS) is 20.5. The second kappa shape index (κ2) is 7.55. The molecule has 128 valence electrons. The van der Waals surface area contributed by atoms with E-state index < -0.39 is 6.09 Å². The van der Waals surface area contributed by atoms with E-state index in [-0.39, 0.29) is 12.0 Å². The number of rotatable bonds is 5. The molecule has 3 rings (SSSR count). The Labute approximate surface area is 144 Å². The third-order valence-corrected chi connectivity index (χ3v) is 4.09. The molecule has 0 radical (unpaired) electrons. The fourth-order valence-corrected chi connectivity index (χ4v) is 2.79. The van der Waals surface area contributed by atoms with Crippen LogP contribution in [0.4, 0.5) is 4.79 Å². The first-order valence-corrected chi connectivity index (χ1v) is 8.00. The van der Waals surface area contributed by atoms with Gasteiger partial charge in [0, 0.05) is 24.8 Å². The van der Waals surface area contributed by atoms with Gasteiger partial charge in [0.05, 0.1) is 30.1 Å². The second-order valence-corrected chi connectivity index (χ2v) is 6.02. The van der Waals surface area contributed by atoms with E-state index in [2.05, 4.69) is 10.4 Å². The second-order valence-electron chi connectivity index (χ2n) is 5.59. The first kappa shape index (κ1) is 16.6. The Balaban J connectivity index is 1.58. The minimum atomic E-state index is -1.02. The molecule has 2 atom stereocenters. The van der Waals surface area contributed by atoms with Gasteiger partial charge in [-0.05, 0) is 30.7 Å². The van der Waals surface area contributed by atoms with E-state index in [1.54, 1.807) is 17.1 Å². The summed E-state index contributed by atoms with van der Waals surface area (Å²) in [5.74, 6) is 0.691. The van der Waals surface area contributed by atoms with Gasteiger partial charge in [0.1, 0.15) is 5.75 Å². The average molecular weight is 352 g/mol. The van der Waals surface area contributed by atoms with Crippen molar-refractivity contribution in [3.05, 3.63) is 41.7 Å². The van der Waals surface area contributed by atoms with Crippen molar-refractivity contribution < 1.29 is 19.4 Å². The van der Waals surface area contributed by atoms with Gasteiger partial charge in [-0.25, -0.2) is 9.48 Å². The van der Waals surface area contributed by atoms with E-state index in [4.69, 9.17) is 26.2 Å². The van der Waals surface area contributed by atoms with Crippen LogP contribution < -0.4 is 10.1 Å². The van der Waals surface area contributed by atoms with E-state index in [0.717, 1.165) is 5.69 Å². The fourth-order valence-electron chi connectivity index (χ4n) is 2.65. The van der Waals surface area contributed by atoms with Crippen LogP contribution in [0.2, 0.25) is 5.02 Å². The molecule has 2 N–H and O–H groups in total. The number of aromatic nitrogens is 2. The van der Waals surface area contributed by atoms with Crippen LogP contribution in [0.15, 0.2) is 36.7 Å². The summed E-state index contributed by atoms with van der Waals surface area (Å²) in [6, 6.07) is 7.29. The van der Waals surface area contributed by atoms with Crippen LogP contribution in [0.25, 0.3) is 5.69 Å².